The normalized spacial score (nSPS) is 29.9. The van der Waals surface area contributed by atoms with Gasteiger partial charge in [0.1, 0.15) is 5.54 Å². The zero-order valence-electron chi connectivity index (χ0n) is 9.49. The lowest BCUT2D eigenvalue weighted by molar-refractivity contribution is 0.226. The van der Waals surface area contributed by atoms with Crippen LogP contribution in [0.15, 0.2) is 17.5 Å². The molecule has 1 fully saturated rings. The van der Waals surface area contributed by atoms with Gasteiger partial charge in [-0.05, 0) is 24.4 Å². The molecule has 86 valence electrons. The molecule has 0 amide bonds. The average molecular weight is 235 g/mol. The molecule has 1 aliphatic rings. The molecule has 16 heavy (non-hydrogen) atoms. The van der Waals surface area contributed by atoms with E-state index in [0.29, 0.717) is 5.92 Å². The van der Waals surface area contributed by atoms with Gasteiger partial charge in [0, 0.05) is 23.9 Å². The Morgan fingerprint density at radius 3 is 3.25 bits per heavy atom. The molecule has 0 aliphatic carbocycles. The van der Waals surface area contributed by atoms with Gasteiger partial charge in [0.25, 0.3) is 0 Å². The zero-order chi connectivity index (χ0) is 11.4. The number of rotatable bonds is 3. The number of nitriles is 1. The van der Waals surface area contributed by atoms with Gasteiger partial charge >= 0.3 is 0 Å². The van der Waals surface area contributed by atoms with Gasteiger partial charge in [0.2, 0.25) is 0 Å². The molecule has 1 saturated heterocycles. The predicted molar refractivity (Wildman–Crippen MR) is 66.2 cm³/mol. The first-order valence-corrected chi connectivity index (χ1v) is 6.54. The number of hydrogen-bond donors (Lipinski definition) is 2. The highest BCUT2D eigenvalue weighted by molar-refractivity contribution is 7.09. The van der Waals surface area contributed by atoms with Crippen LogP contribution in [0.3, 0.4) is 0 Å². The molecule has 1 aliphatic heterocycles. The van der Waals surface area contributed by atoms with Crippen molar-refractivity contribution in [2.24, 2.45) is 5.92 Å². The summed E-state index contributed by atoms with van der Waals surface area (Å²) in [6.45, 7) is 4.78. The van der Waals surface area contributed by atoms with Gasteiger partial charge < -0.3 is 5.32 Å². The third-order valence-corrected chi connectivity index (χ3v) is 4.22. The quantitative estimate of drug-likeness (QED) is 0.839. The highest BCUT2D eigenvalue weighted by Gasteiger charge is 2.37. The number of piperidine rings is 1. The van der Waals surface area contributed by atoms with E-state index in [4.69, 9.17) is 0 Å². The third-order valence-electron chi connectivity index (χ3n) is 3.35. The summed E-state index contributed by atoms with van der Waals surface area (Å²) < 4.78 is 0. The van der Waals surface area contributed by atoms with Crippen molar-refractivity contribution >= 4 is 11.3 Å². The van der Waals surface area contributed by atoms with Crippen molar-refractivity contribution in [2.75, 3.05) is 13.1 Å². The molecule has 2 rings (SSSR count). The third kappa shape index (κ3) is 2.27. The van der Waals surface area contributed by atoms with Crippen molar-refractivity contribution < 1.29 is 0 Å². The van der Waals surface area contributed by atoms with Crippen LogP contribution in [-0.4, -0.2) is 18.6 Å². The fraction of sp³-hybridized carbons (Fsp3) is 0.583. The topological polar surface area (TPSA) is 47.9 Å². The Bertz CT molecular complexity index is 368. The van der Waals surface area contributed by atoms with Crippen LogP contribution in [0.2, 0.25) is 0 Å². The average Bonchev–Trinajstić information content (AvgIpc) is 2.82. The van der Waals surface area contributed by atoms with E-state index in [1.807, 2.05) is 6.07 Å². The molecule has 0 saturated carbocycles. The second kappa shape index (κ2) is 4.96. The molecule has 0 bridgehead atoms. The highest BCUT2D eigenvalue weighted by atomic mass is 32.1. The number of hydrogen-bond acceptors (Lipinski definition) is 4. The van der Waals surface area contributed by atoms with Crippen molar-refractivity contribution in [3.63, 3.8) is 0 Å². The molecular weight excluding hydrogens is 218 g/mol. The van der Waals surface area contributed by atoms with Crippen LogP contribution < -0.4 is 10.6 Å². The van der Waals surface area contributed by atoms with Crippen LogP contribution in [0.4, 0.5) is 0 Å². The molecular formula is C12H17N3S. The second-order valence-corrected chi connectivity index (χ2v) is 5.40. The molecule has 0 spiro atoms. The Labute approximate surface area is 100 Å². The summed E-state index contributed by atoms with van der Waals surface area (Å²) in [7, 11) is 0. The minimum Gasteiger partial charge on any atom is -0.316 e. The van der Waals surface area contributed by atoms with Crippen molar-refractivity contribution in [1.29, 1.82) is 5.26 Å². The first-order valence-electron chi connectivity index (χ1n) is 5.66. The van der Waals surface area contributed by atoms with Crippen molar-refractivity contribution in [1.82, 2.24) is 10.6 Å². The Kier molecular flexibility index (Phi) is 3.59. The minimum absolute atomic E-state index is 0.352. The smallest absolute Gasteiger partial charge is 0.112 e. The summed E-state index contributed by atoms with van der Waals surface area (Å²) >= 11 is 1.73. The Balaban J connectivity index is 2.01. The van der Waals surface area contributed by atoms with E-state index in [9.17, 15) is 5.26 Å². The predicted octanol–water partition coefficient (Wildman–Crippen LogP) is 1.73. The molecule has 4 heteroatoms. The van der Waals surface area contributed by atoms with Gasteiger partial charge in [-0.2, -0.15) is 5.26 Å². The molecule has 2 N–H and O–H groups in total. The number of nitrogens with zero attached hydrogens (tertiary/aromatic N) is 1. The summed E-state index contributed by atoms with van der Waals surface area (Å²) in [6, 6.07) is 6.64. The van der Waals surface area contributed by atoms with E-state index in [-0.39, 0.29) is 5.54 Å². The Hall–Kier alpha value is -0.890. The van der Waals surface area contributed by atoms with Crippen LogP contribution in [0.5, 0.6) is 0 Å². The lowest BCUT2D eigenvalue weighted by Gasteiger charge is -2.38. The van der Waals surface area contributed by atoms with Crippen molar-refractivity contribution in [2.45, 2.75) is 25.4 Å². The van der Waals surface area contributed by atoms with E-state index in [0.717, 1.165) is 26.1 Å². The first-order chi connectivity index (χ1) is 7.77. The van der Waals surface area contributed by atoms with Gasteiger partial charge in [-0.25, -0.2) is 0 Å². The molecule has 2 atom stereocenters. The molecule has 1 aromatic heterocycles. The largest absolute Gasteiger partial charge is 0.316 e. The fourth-order valence-corrected chi connectivity index (χ4v) is 2.80. The first kappa shape index (κ1) is 11.6. The van der Waals surface area contributed by atoms with Crippen molar-refractivity contribution in [3.05, 3.63) is 22.4 Å². The summed E-state index contributed by atoms with van der Waals surface area (Å²) in [5.41, 5.74) is -0.352. The lowest BCUT2D eigenvalue weighted by atomic mass is 9.80. The van der Waals surface area contributed by atoms with Crippen molar-refractivity contribution in [3.8, 4) is 6.07 Å². The summed E-state index contributed by atoms with van der Waals surface area (Å²) in [5, 5.41) is 18.2. The van der Waals surface area contributed by atoms with E-state index in [2.05, 4.69) is 35.1 Å². The Morgan fingerprint density at radius 2 is 2.62 bits per heavy atom. The Morgan fingerprint density at radius 1 is 1.75 bits per heavy atom. The van der Waals surface area contributed by atoms with Crippen LogP contribution in [-0.2, 0) is 6.54 Å². The summed E-state index contributed by atoms with van der Waals surface area (Å²) in [6.07, 6.45) is 0.885. The van der Waals surface area contributed by atoms with E-state index in [1.54, 1.807) is 11.3 Å². The van der Waals surface area contributed by atoms with Gasteiger partial charge in [0.15, 0.2) is 0 Å². The van der Waals surface area contributed by atoms with Crippen LogP contribution in [0, 0.1) is 17.2 Å². The molecule has 2 heterocycles. The monoisotopic (exact) mass is 235 g/mol. The van der Waals surface area contributed by atoms with Gasteiger partial charge in [0.05, 0.1) is 6.07 Å². The highest BCUT2D eigenvalue weighted by Crippen LogP contribution is 2.24. The molecule has 3 nitrogen and oxygen atoms in total. The van der Waals surface area contributed by atoms with E-state index < -0.39 is 0 Å². The minimum atomic E-state index is -0.352. The van der Waals surface area contributed by atoms with Crippen LogP contribution in [0.1, 0.15) is 18.2 Å². The maximum atomic E-state index is 9.40. The summed E-state index contributed by atoms with van der Waals surface area (Å²) in [5.74, 6) is 0.353. The molecule has 0 aromatic carbocycles. The summed E-state index contributed by atoms with van der Waals surface area (Å²) in [4.78, 5) is 1.29. The van der Waals surface area contributed by atoms with Crippen LogP contribution >= 0.6 is 11.3 Å². The zero-order valence-corrected chi connectivity index (χ0v) is 10.3. The standard InChI is InChI=1S/C12H17N3S/c1-10-7-14-5-4-12(10,9-13)15-8-11-3-2-6-16-11/h2-3,6,10,14-15H,4-5,7-8H2,1H3. The molecule has 1 aromatic rings. The number of nitrogens with one attached hydrogen (secondary N) is 2. The fourth-order valence-electron chi connectivity index (χ4n) is 2.15. The SMILES string of the molecule is CC1CNCCC1(C#N)NCc1cccs1. The molecule has 2 unspecified atom stereocenters. The molecule has 0 radical (unpaired) electrons. The van der Waals surface area contributed by atoms with Gasteiger partial charge in [-0.3, -0.25) is 5.32 Å². The lowest BCUT2D eigenvalue weighted by Crippen LogP contribution is -2.56. The number of thiophene rings is 1. The maximum Gasteiger partial charge on any atom is 0.112 e. The van der Waals surface area contributed by atoms with Crippen LogP contribution in [0.25, 0.3) is 0 Å². The van der Waals surface area contributed by atoms with Gasteiger partial charge in [-0.15, -0.1) is 11.3 Å². The van der Waals surface area contributed by atoms with E-state index in [1.165, 1.54) is 4.88 Å². The second-order valence-electron chi connectivity index (χ2n) is 4.37. The van der Waals surface area contributed by atoms with E-state index >= 15 is 0 Å². The van der Waals surface area contributed by atoms with Gasteiger partial charge in [-0.1, -0.05) is 13.0 Å². The maximum absolute atomic E-state index is 9.40.